The van der Waals surface area contributed by atoms with Gasteiger partial charge in [0.25, 0.3) is 0 Å². The average molecular weight is 333 g/mol. The molecule has 0 aromatic carbocycles. The van der Waals surface area contributed by atoms with Crippen molar-refractivity contribution < 1.29 is 9.26 Å². The van der Waals surface area contributed by atoms with Crippen LogP contribution in [0.1, 0.15) is 61.6 Å². The van der Waals surface area contributed by atoms with E-state index >= 15 is 0 Å². The molecular weight excluding hydrogens is 306 g/mol. The number of nitrogens with zero attached hydrogens (tertiary/aromatic N) is 4. The standard InChI is InChI=1S/C17H27N5O2/c1-11(2)16-19-17(24-21-16)15(13-5-7-23-8-6-13)18-9-14-10-22(4)20-12(14)3/h10-11,13,15,18H,5-9H2,1-4H3. The van der Waals surface area contributed by atoms with Crippen LogP contribution in [-0.2, 0) is 18.3 Å². The van der Waals surface area contributed by atoms with Crippen molar-refractivity contribution >= 4 is 0 Å². The summed E-state index contributed by atoms with van der Waals surface area (Å²) in [4.78, 5) is 4.62. The third-order valence-corrected chi connectivity index (χ3v) is 4.60. The Labute approximate surface area is 142 Å². The number of hydrogen-bond acceptors (Lipinski definition) is 6. The number of rotatable bonds is 6. The lowest BCUT2D eigenvalue weighted by molar-refractivity contribution is 0.0485. The van der Waals surface area contributed by atoms with Gasteiger partial charge in [0.15, 0.2) is 5.82 Å². The Morgan fingerprint density at radius 3 is 2.67 bits per heavy atom. The van der Waals surface area contributed by atoms with Crippen LogP contribution in [0.15, 0.2) is 10.7 Å². The molecule has 24 heavy (non-hydrogen) atoms. The van der Waals surface area contributed by atoms with Gasteiger partial charge in [0, 0.05) is 44.5 Å². The second kappa shape index (κ2) is 7.44. The van der Waals surface area contributed by atoms with Crippen molar-refractivity contribution in [1.82, 2.24) is 25.2 Å². The molecule has 0 spiro atoms. The molecular formula is C17H27N5O2. The smallest absolute Gasteiger partial charge is 0.244 e. The molecule has 0 saturated carbocycles. The highest BCUT2D eigenvalue weighted by atomic mass is 16.5. The molecule has 3 rings (SSSR count). The zero-order valence-electron chi connectivity index (χ0n) is 15.0. The van der Waals surface area contributed by atoms with Crippen molar-refractivity contribution in [2.45, 2.75) is 52.1 Å². The van der Waals surface area contributed by atoms with Gasteiger partial charge in [-0.2, -0.15) is 10.1 Å². The lowest BCUT2D eigenvalue weighted by atomic mass is 9.91. The Morgan fingerprint density at radius 2 is 2.08 bits per heavy atom. The molecule has 1 N–H and O–H groups in total. The molecule has 1 saturated heterocycles. The van der Waals surface area contributed by atoms with Crippen LogP contribution >= 0.6 is 0 Å². The van der Waals surface area contributed by atoms with Crippen LogP contribution in [0.3, 0.4) is 0 Å². The fourth-order valence-corrected chi connectivity index (χ4v) is 3.15. The Hall–Kier alpha value is -1.73. The molecule has 1 fully saturated rings. The minimum Gasteiger partial charge on any atom is -0.381 e. The SMILES string of the molecule is Cc1nn(C)cc1CNC(c1nc(C(C)C)no1)C1CCOCC1. The first-order valence-electron chi connectivity index (χ1n) is 8.68. The molecule has 1 atom stereocenters. The topological polar surface area (TPSA) is 78.0 Å². The van der Waals surface area contributed by atoms with E-state index in [1.165, 1.54) is 5.56 Å². The van der Waals surface area contributed by atoms with E-state index in [1.54, 1.807) is 0 Å². The van der Waals surface area contributed by atoms with E-state index in [4.69, 9.17) is 9.26 Å². The van der Waals surface area contributed by atoms with Crippen LogP contribution in [0.4, 0.5) is 0 Å². The van der Waals surface area contributed by atoms with Gasteiger partial charge >= 0.3 is 0 Å². The van der Waals surface area contributed by atoms with Gasteiger partial charge in [0.05, 0.1) is 11.7 Å². The fourth-order valence-electron chi connectivity index (χ4n) is 3.15. The van der Waals surface area contributed by atoms with Crippen LogP contribution in [0.5, 0.6) is 0 Å². The van der Waals surface area contributed by atoms with Crippen molar-refractivity contribution in [3.63, 3.8) is 0 Å². The maximum atomic E-state index is 5.58. The van der Waals surface area contributed by atoms with Crippen LogP contribution in [0.2, 0.25) is 0 Å². The zero-order valence-corrected chi connectivity index (χ0v) is 15.0. The molecule has 7 heteroatoms. The summed E-state index contributed by atoms with van der Waals surface area (Å²) in [6.45, 7) is 8.50. The monoisotopic (exact) mass is 333 g/mol. The minimum atomic E-state index is 0.0495. The van der Waals surface area contributed by atoms with Gasteiger partial charge in [-0.3, -0.25) is 4.68 Å². The third kappa shape index (κ3) is 3.84. The summed E-state index contributed by atoms with van der Waals surface area (Å²) in [6, 6.07) is 0.0495. The summed E-state index contributed by atoms with van der Waals surface area (Å²) in [5, 5.41) is 12.2. The van der Waals surface area contributed by atoms with Gasteiger partial charge in [-0.1, -0.05) is 19.0 Å². The predicted octanol–water partition coefficient (Wildman–Crippen LogP) is 2.49. The van der Waals surface area contributed by atoms with Crippen molar-refractivity contribution in [3.8, 4) is 0 Å². The highest BCUT2D eigenvalue weighted by Crippen LogP contribution is 2.30. The molecule has 1 unspecified atom stereocenters. The summed E-state index contributed by atoms with van der Waals surface area (Å²) in [5.74, 6) is 2.16. The number of hydrogen-bond donors (Lipinski definition) is 1. The highest BCUT2D eigenvalue weighted by Gasteiger charge is 2.30. The van der Waals surface area contributed by atoms with Crippen molar-refractivity contribution in [2.24, 2.45) is 13.0 Å². The van der Waals surface area contributed by atoms with E-state index < -0.39 is 0 Å². The van der Waals surface area contributed by atoms with Gasteiger partial charge < -0.3 is 14.6 Å². The first kappa shape index (κ1) is 17.1. The molecule has 2 aromatic rings. The van der Waals surface area contributed by atoms with Crippen molar-refractivity contribution in [2.75, 3.05) is 13.2 Å². The molecule has 1 aliphatic rings. The molecule has 0 amide bonds. The fraction of sp³-hybridized carbons (Fsp3) is 0.706. The van der Waals surface area contributed by atoms with Crippen molar-refractivity contribution in [1.29, 1.82) is 0 Å². The number of aromatic nitrogens is 4. The molecule has 2 aromatic heterocycles. The van der Waals surface area contributed by atoms with E-state index in [0.717, 1.165) is 44.1 Å². The predicted molar refractivity (Wildman–Crippen MR) is 89.5 cm³/mol. The maximum Gasteiger partial charge on any atom is 0.244 e. The van der Waals surface area contributed by atoms with Gasteiger partial charge in [0.2, 0.25) is 5.89 Å². The lowest BCUT2D eigenvalue weighted by Crippen LogP contribution is -2.32. The lowest BCUT2D eigenvalue weighted by Gasteiger charge is -2.28. The molecule has 7 nitrogen and oxygen atoms in total. The van der Waals surface area contributed by atoms with Crippen LogP contribution in [-0.4, -0.2) is 33.1 Å². The highest BCUT2D eigenvalue weighted by molar-refractivity contribution is 5.15. The summed E-state index contributed by atoms with van der Waals surface area (Å²) < 4.78 is 12.9. The Kier molecular flexibility index (Phi) is 5.30. The molecule has 0 bridgehead atoms. The first-order chi connectivity index (χ1) is 11.5. The van der Waals surface area contributed by atoms with Gasteiger partial charge in [0.1, 0.15) is 0 Å². The molecule has 0 aliphatic carbocycles. The third-order valence-electron chi connectivity index (χ3n) is 4.60. The van der Waals surface area contributed by atoms with Gasteiger partial charge in [-0.15, -0.1) is 0 Å². The number of ether oxygens (including phenoxy) is 1. The Balaban J connectivity index is 1.77. The normalized spacial score (nSPS) is 17.5. The second-order valence-electron chi connectivity index (χ2n) is 6.87. The van der Waals surface area contributed by atoms with Crippen molar-refractivity contribution in [3.05, 3.63) is 29.2 Å². The Bertz CT molecular complexity index is 658. The molecule has 132 valence electrons. The molecule has 1 aliphatic heterocycles. The second-order valence-corrected chi connectivity index (χ2v) is 6.87. The minimum absolute atomic E-state index is 0.0495. The van der Waals surface area contributed by atoms with Gasteiger partial charge in [-0.05, 0) is 25.7 Å². The average Bonchev–Trinajstić information content (AvgIpc) is 3.16. The summed E-state index contributed by atoms with van der Waals surface area (Å²) in [7, 11) is 1.94. The zero-order chi connectivity index (χ0) is 17.1. The molecule has 0 radical (unpaired) electrons. The van der Waals surface area contributed by atoms with E-state index in [2.05, 4.69) is 40.6 Å². The largest absolute Gasteiger partial charge is 0.381 e. The van der Waals surface area contributed by atoms with E-state index in [1.807, 2.05) is 18.7 Å². The summed E-state index contributed by atoms with van der Waals surface area (Å²) in [6.07, 6.45) is 4.06. The summed E-state index contributed by atoms with van der Waals surface area (Å²) >= 11 is 0. The molecule has 3 heterocycles. The van der Waals surface area contributed by atoms with Crippen LogP contribution in [0, 0.1) is 12.8 Å². The van der Waals surface area contributed by atoms with Crippen LogP contribution < -0.4 is 5.32 Å². The van der Waals surface area contributed by atoms with Gasteiger partial charge in [-0.25, -0.2) is 0 Å². The number of nitrogens with one attached hydrogen (secondary N) is 1. The maximum absolute atomic E-state index is 5.58. The van der Waals surface area contributed by atoms with Crippen LogP contribution in [0.25, 0.3) is 0 Å². The van der Waals surface area contributed by atoms with E-state index in [-0.39, 0.29) is 12.0 Å². The van der Waals surface area contributed by atoms with E-state index in [0.29, 0.717) is 11.8 Å². The quantitative estimate of drug-likeness (QED) is 0.875. The number of aryl methyl sites for hydroxylation is 2. The van der Waals surface area contributed by atoms with E-state index in [9.17, 15) is 0 Å². The summed E-state index contributed by atoms with van der Waals surface area (Å²) in [5.41, 5.74) is 2.24. The Morgan fingerprint density at radius 1 is 1.33 bits per heavy atom. The first-order valence-corrected chi connectivity index (χ1v) is 8.68.